The molecule has 0 aromatic heterocycles. The molecular formula is C17H22ClNO3S. The lowest BCUT2D eigenvalue weighted by Gasteiger charge is -2.42. The van der Waals surface area contributed by atoms with Crippen molar-refractivity contribution < 1.29 is 14.3 Å². The van der Waals surface area contributed by atoms with Crippen LogP contribution >= 0.6 is 23.4 Å². The van der Waals surface area contributed by atoms with Crippen molar-refractivity contribution in [2.45, 2.75) is 31.1 Å². The SMILES string of the molecule is COC(=O)CSCCC(=O)NCC1(c2ccc(Cl)cc2)CCC1. The van der Waals surface area contributed by atoms with Crippen molar-refractivity contribution in [1.29, 1.82) is 0 Å². The Morgan fingerprint density at radius 3 is 2.57 bits per heavy atom. The number of carbonyl (C=O) groups excluding carboxylic acids is 2. The lowest BCUT2D eigenvalue weighted by Crippen LogP contribution is -2.45. The second kappa shape index (κ2) is 8.60. The van der Waals surface area contributed by atoms with Gasteiger partial charge in [-0.2, -0.15) is 0 Å². The fraction of sp³-hybridized carbons (Fsp3) is 0.529. The monoisotopic (exact) mass is 355 g/mol. The Morgan fingerprint density at radius 2 is 2.00 bits per heavy atom. The Bertz CT molecular complexity index is 543. The van der Waals surface area contributed by atoms with Crippen molar-refractivity contribution >= 4 is 35.2 Å². The molecular weight excluding hydrogens is 334 g/mol. The van der Waals surface area contributed by atoms with Crippen LogP contribution in [0.2, 0.25) is 5.02 Å². The molecule has 0 saturated heterocycles. The minimum absolute atomic E-state index is 0.0302. The smallest absolute Gasteiger partial charge is 0.315 e. The van der Waals surface area contributed by atoms with Crippen LogP contribution in [0.4, 0.5) is 0 Å². The first-order valence-electron chi connectivity index (χ1n) is 7.73. The summed E-state index contributed by atoms with van der Waals surface area (Å²) in [6.07, 6.45) is 3.78. The maximum Gasteiger partial charge on any atom is 0.315 e. The van der Waals surface area contributed by atoms with E-state index in [-0.39, 0.29) is 17.3 Å². The topological polar surface area (TPSA) is 55.4 Å². The summed E-state index contributed by atoms with van der Waals surface area (Å²) in [7, 11) is 1.37. The molecule has 0 atom stereocenters. The summed E-state index contributed by atoms with van der Waals surface area (Å²) in [6, 6.07) is 7.92. The van der Waals surface area contributed by atoms with Gasteiger partial charge < -0.3 is 10.1 Å². The molecule has 0 spiro atoms. The predicted octanol–water partition coefficient (Wildman–Crippen LogP) is 3.17. The van der Waals surface area contributed by atoms with Crippen LogP contribution in [-0.2, 0) is 19.7 Å². The van der Waals surface area contributed by atoms with E-state index >= 15 is 0 Å². The van der Waals surface area contributed by atoms with E-state index in [9.17, 15) is 9.59 Å². The van der Waals surface area contributed by atoms with E-state index in [0.29, 0.717) is 24.5 Å². The van der Waals surface area contributed by atoms with Crippen molar-refractivity contribution in [3.8, 4) is 0 Å². The molecule has 6 heteroatoms. The highest BCUT2D eigenvalue weighted by atomic mass is 35.5. The van der Waals surface area contributed by atoms with Gasteiger partial charge in [-0.1, -0.05) is 30.2 Å². The van der Waals surface area contributed by atoms with Crippen LogP contribution < -0.4 is 5.32 Å². The van der Waals surface area contributed by atoms with Gasteiger partial charge in [0.15, 0.2) is 0 Å². The minimum atomic E-state index is -0.258. The van der Waals surface area contributed by atoms with Gasteiger partial charge in [0.2, 0.25) is 5.91 Å². The first-order chi connectivity index (χ1) is 11.1. The van der Waals surface area contributed by atoms with Crippen LogP contribution in [-0.4, -0.2) is 37.0 Å². The molecule has 1 aromatic carbocycles. The third kappa shape index (κ3) is 5.15. The summed E-state index contributed by atoms with van der Waals surface area (Å²) >= 11 is 7.36. The lowest BCUT2D eigenvalue weighted by atomic mass is 9.64. The van der Waals surface area contributed by atoms with Crippen LogP contribution in [0, 0.1) is 0 Å². The Labute approximate surface area is 146 Å². The van der Waals surface area contributed by atoms with Crippen molar-refractivity contribution in [2.75, 3.05) is 25.2 Å². The Morgan fingerprint density at radius 1 is 1.30 bits per heavy atom. The molecule has 4 nitrogen and oxygen atoms in total. The average molecular weight is 356 g/mol. The lowest BCUT2D eigenvalue weighted by molar-refractivity contribution is -0.137. The molecule has 0 heterocycles. The summed E-state index contributed by atoms with van der Waals surface area (Å²) in [5.41, 5.74) is 1.30. The number of esters is 1. The largest absolute Gasteiger partial charge is 0.468 e. The second-order valence-electron chi connectivity index (χ2n) is 5.80. The summed E-state index contributed by atoms with van der Waals surface area (Å²) in [6.45, 7) is 0.662. The molecule has 23 heavy (non-hydrogen) atoms. The number of carbonyl (C=O) groups is 2. The number of halogens is 1. The molecule has 0 radical (unpaired) electrons. The summed E-state index contributed by atoms with van der Waals surface area (Å²) in [5.74, 6) is 0.682. The highest BCUT2D eigenvalue weighted by molar-refractivity contribution is 7.99. The van der Waals surface area contributed by atoms with Gasteiger partial charge in [-0.15, -0.1) is 11.8 Å². The zero-order valence-electron chi connectivity index (χ0n) is 13.3. The molecule has 0 aliphatic heterocycles. The molecule has 1 fully saturated rings. The van der Waals surface area contributed by atoms with E-state index < -0.39 is 0 Å². The Hall–Kier alpha value is -1.20. The number of ether oxygens (including phenoxy) is 1. The number of rotatable bonds is 8. The summed E-state index contributed by atoms with van der Waals surface area (Å²) in [4.78, 5) is 23.0. The maximum absolute atomic E-state index is 12.0. The number of thioether (sulfide) groups is 1. The van der Waals surface area contributed by atoms with Crippen LogP contribution in [0.3, 0.4) is 0 Å². The number of benzene rings is 1. The minimum Gasteiger partial charge on any atom is -0.468 e. The number of nitrogens with one attached hydrogen (secondary N) is 1. The molecule has 0 bridgehead atoms. The fourth-order valence-corrected chi connectivity index (χ4v) is 3.59. The van der Waals surface area contributed by atoms with Gasteiger partial charge in [-0.3, -0.25) is 9.59 Å². The van der Waals surface area contributed by atoms with Gasteiger partial charge in [0.1, 0.15) is 0 Å². The van der Waals surface area contributed by atoms with Gasteiger partial charge in [-0.25, -0.2) is 0 Å². The van der Waals surface area contributed by atoms with Crippen molar-refractivity contribution in [2.24, 2.45) is 0 Å². The third-order valence-electron chi connectivity index (χ3n) is 4.31. The van der Waals surface area contributed by atoms with E-state index in [0.717, 1.165) is 17.9 Å². The van der Waals surface area contributed by atoms with Crippen molar-refractivity contribution in [1.82, 2.24) is 5.32 Å². The maximum atomic E-state index is 12.0. The van der Waals surface area contributed by atoms with E-state index in [1.807, 2.05) is 12.1 Å². The molecule has 2 rings (SSSR count). The number of methoxy groups -OCH3 is 1. The van der Waals surface area contributed by atoms with Crippen LogP contribution in [0.15, 0.2) is 24.3 Å². The zero-order valence-corrected chi connectivity index (χ0v) is 14.8. The van der Waals surface area contributed by atoms with Crippen LogP contribution in [0.25, 0.3) is 0 Å². The average Bonchev–Trinajstić information content (AvgIpc) is 2.51. The number of hydrogen-bond acceptors (Lipinski definition) is 4. The molecule has 1 N–H and O–H groups in total. The van der Waals surface area contributed by atoms with E-state index in [1.54, 1.807) is 0 Å². The first kappa shape index (κ1) is 18.1. The van der Waals surface area contributed by atoms with E-state index in [2.05, 4.69) is 22.2 Å². The van der Waals surface area contributed by atoms with Crippen molar-refractivity contribution in [3.05, 3.63) is 34.9 Å². The third-order valence-corrected chi connectivity index (χ3v) is 5.50. The highest BCUT2D eigenvalue weighted by Crippen LogP contribution is 2.43. The summed E-state index contributed by atoms with van der Waals surface area (Å²) < 4.78 is 4.56. The normalized spacial score (nSPS) is 15.6. The Balaban J connectivity index is 1.76. The quantitative estimate of drug-likeness (QED) is 0.575. The standard InChI is InChI=1S/C17H22ClNO3S/c1-22-16(21)11-23-10-7-15(20)19-12-17(8-2-9-17)13-3-5-14(18)6-4-13/h3-6H,2,7-12H2,1H3,(H,19,20). The van der Waals surface area contributed by atoms with Crippen LogP contribution in [0.1, 0.15) is 31.2 Å². The fourth-order valence-electron chi connectivity index (χ4n) is 2.71. The Kier molecular flexibility index (Phi) is 6.78. The molecule has 1 aromatic rings. The molecule has 1 saturated carbocycles. The predicted molar refractivity (Wildman–Crippen MR) is 93.9 cm³/mol. The summed E-state index contributed by atoms with van der Waals surface area (Å²) in [5, 5.41) is 3.77. The molecule has 126 valence electrons. The molecule has 1 amide bonds. The van der Waals surface area contributed by atoms with E-state index in [1.165, 1.54) is 30.9 Å². The van der Waals surface area contributed by atoms with Crippen LogP contribution in [0.5, 0.6) is 0 Å². The highest BCUT2D eigenvalue weighted by Gasteiger charge is 2.38. The van der Waals surface area contributed by atoms with Gasteiger partial charge in [0, 0.05) is 29.2 Å². The van der Waals surface area contributed by atoms with Gasteiger partial charge in [-0.05, 0) is 30.5 Å². The van der Waals surface area contributed by atoms with Gasteiger partial charge >= 0.3 is 5.97 Å². The first-order valence-corrected chi connectivity index (χ1v) is 9.26. The van der Waals surface area contributed by atoms with Gasteiger partial charge in [0.05, 0.1) is 12.9 Å². The number of hydrogen-bond donors (Lipinski definition) is 1. The molecule has 1 aliphatic carbocycles. The zero-order chi connectivity index (χ0) is 16.7. The molecule has 1 aliphatic rings. The second-order valence-corrected chi connectivity index (χ2v) is 7.34. The van der Waals surface area contributed by atoms with Crippen molar-refractivity contribution in [3.63, 3.8) is 0 Å². The molecule has 0 unspecified atom stereocenters. The number of amides is 1. The van der Waals surface area contributed by atoms with E-state index in [4.69, 9.17) is 11.6 Å². The van der Waals surface area contributed by atoms with Gasteiger partial charge in [0.25, 0.3) is 0 Å².